The minimum Gasteiger partial charge on any atom is -0.380 e. The second-order valence-corrected chi connectivity index (χ2v) is 5.69. The zero-order valence-electron chi connectivity index (χ0n) is 12.6. The lowest BCUT2D eigenvalue weighted by atomic mass is 10.1. The average Bonchev–Trinajstić information content (AvgIpc) is 2.76. The van der Waals surface area contributed by atoms with Crippen LogP contribution in [0.25, 0.3) is 0 Å². The third kappa shape index (κ3) is 3.83. The SMILES string of the molecule is COCc1ccc(C(=O)N(C)C2CCCCCC2)cc1. The summed E-state index contributed by atoms with van der Waals surface area (Å²) in [5.74, 6) is 0.140. The molecule has 1 aromatic carbocycles. The number of hydrogen-bond acceptors (Lipinski definition) is 2. The maximum Gasteiger partial charge on any atom is 0.253 e. The molecule has 0 N–H and O–H groups in total. The van der Waals surface area contributed by atoms with Crippen molar-refractivity contribution < 1.29 is 9.53 Å². The molecule has 0 atom stereocenters. The first kappa shape index (κ1) is 15.0. The van der Waals surface area contributed by atoms with E-state index in [4.69, 9.17) is 4.74 Å². The molecule has 0 saturated heterocycles. The average molecular weight is 275 g/mol. The lowest BCUT2D eigenvalue weighted by Gasteiger charge is -2.27. The van der Waals surface area contributed by atoms with Gasteiger partial charge in [-0.3, -0.25) is 4.79 Å². The highest BCUT2D eigenvalue weighted by atomic mass is 16.5. The first-order valence-corrected chi connectivity index (χ1v) is 7.57. The molecule has 2 rings (SSSR count). The minimum atomic E-state index is 0.140. The smallest absolute Gasteiger partial charge is 0.253 e. The molecule has 110 valence electrons. The molecule has 1 saturated carbocycles. The number of nitrogens with zero attached hydrogens (tertiary/aromatic N) is 1. The molecule has 0 aromatic heterocycles. The van der Waals surface area contributed by atoms with Gasteiger partial charge < -0.3 is 9.64 Å². The van der Waals surface area contributed by atoms with Crippen LogP contribution in [0.1, 0.15) is 54.4 Å². The Morgan fingerprint density at radius 3 is 2.30 bits per heavy atom. The predicted octanol–water partition coefficient (Wildman–Crippen LogP) is 3.63. The Hall–Kier alpha value is -1.35. The van der Waals surface area contributed by atoms with Crippen molar-refractivity contribution in [2.45, 2.75) is 51.2 Å². The summed E-state index contributed by atoms with van der Waals surface area (Å²) in [5.41, 5.74) is 1.87. The fraction of sp³-hybridized carbons (Fsp3) is 0.588. The van der Waals surface area contributed by atoms with Crippen LogP contribution in [0.5, 0.6) is 0 Å². The number of ether oxygens (including phenoxy) is 1. The third-order valence-corrected chi connectivity index (χ3v) is 4.20. The summed E-state index contributed by atoms with van der Waals surface area (Å²) in [5, 5.41) is 0. The predicted molar refractivity (Wildman–Crippen MR) is 80.7 cm³/mol. The highest BCUT2D eigenvalue weighted by molar-refractivity contribution is 5.94. The van der Waals surface area contributed by atoms with E-state index >= 15 is 0 Å². The van der Waals surface area contributed by atoms with Gasteiger partial charge in [0.1, 0.15) is 0 Å². The Kier molecular flexibility index (Phi) is 5.60. The molecule has 1 aliphatic carbocycles. The van der Waals surface area contributed by atoms with E-state index in [1.807, 2.05) is 36.2 Å². The second kappa shape index (κ2) is 7.44. The van der Waals surface area contributed by atoms with Crippen molar-refractivity contribution in [3.05, 3.63) is 35.4 Å². The van der Waals surface area contributed by atoms with E-state index in [0.29, 0.717) is 12.6 Å². The topological polar surface area (TPSA) is 29.5 Å². The lowest BCUT2D eigenvalue weighted by molar-refractivity contribution is 0.0717. The Bertz CT molecular complexity index is 419. The van der Waals surface area contributed by atoms with Crippen LogP contribution in [-0.2, 0) is 11.3 Å². The van der Waals surface area contributed by atoms with Gasteiger partial charge in [-0.2, -0.15) is 0 Å². The normalized spacial score (nSPS) is 16.7. The zero-order chi connectivity index (χ0) is 14.4. The molecule has 0 heterocycles. The summed E-state index contributed by atoms with van der Waals surface area (Å²) in [6.45, 7) is 0.590. The van der Waals surface area contributed by atoms with Gasteiger partial charge in [0.2, 0.25) is 0 Å². The molecule has 1 amide bonds. The van der Waals surface area contributed by atoms with Gasteiger partial charge in [-0.1, -0.05) is 37.8 Å². The Morgan fingerprint density at radius 2 is 1.75 bits per heavy atom. The van der Waals surface area contributed by atoms with Crippen LogP contribution in [0, 0.1) is 0 Å². The van der Waals surface area contributed by atoms with E-state index in [1.165, 1.54) is 25.7 Å². The first-order chi connectivity index (χ1) is 9.72. The Labute approximate surface area is 121 Å². The number of hydrogen-bond donors (Lipinski definition) is 0. The van der Waals surface area contributed by atoms with Crippen LogP contribution in [0.2, 0.25) is 0 Å². The van der Waals surface area contributed by atoms with E-state index in [9.17, 15) is 4.79 Å². The second-order valence-electron chi connectivity index (χ2n) is 5.69. The van der Waals surface area contributed by atoms with Crippen LogP contribution < -0.4 is 0 Å². The molecule has 0 unspecified atom stereocenters. The largest absolute Gasteiger partial charge is 0.380 e. The fourth-order valence-electron chi connectivity index (χ4n) is 2.92. The Morgan fingerprint density at radius 1 is 1.15 bits per heavy atom. The number of carbonyl (C=O) groups is 1. The van der Waals surface area contributed by atoms with E-state index in [1.54, 1.807) is 7.11 Å². The standard InChI is InChI=1S/C17H25NO2/c1-18(16-7-5-3-4-6-8-16)17(19)15-11-9-14(10-12-15)13-20-2/h9-12,16H,3-8,13H2,1-2H3. The van der Waals surface area contributed by atoms with Crippen molar-refractivity contribution >= 4 is 5.91 Å². The molecule has 1 aromatic rings. The summed E-state index contributed by atoms with van der Waals surface area (Å²) in [6.07, 6.45) is 7.40. The molecule has 0 bridgehead atoms. The highest BCUT2D eigenvalue weighted by Crippen LogP contribution is 2.22. The van der Waals surface area contributed by atoms with Gasteiger partial charge in [-0.25, -0.2) is 0 Å². The molecule has 3 nitrogen and oxygen atoms in total. The summed E-state index contributed by atoms with van der Waals surface area (Å²) in [4.78, 5) is 14.5. The quantitative estimate of drug-likeness (QED) is 0.785. The summed E-state index contributed by atoms with van der Waals surface area (Å²) in [6, 6.07) is 8.16. The fourth-order valence-corrected chi connectivity index (χ4v) is 2.92. The van der Waals surface area contributed by atoms with Gasteiger partial charge in [-0.05, 0) is 30.5 Å². The zero-order valence-corrected chi connectivity index (χ0v) is 12.6. The summed E-state index contributed by atoms with van der Waals surface area (Å²) in [7, 11) is 3.63. The molecule has 0 spiro atoms. The third-order valence-electron chi connectivity index (χ3n) is 4.20. The van der Waals surface area contributed by atoms with Crippen molar-refractivity contribution in [2.75, 3.05) is 14.2 Å². The van der Waals surface area contributed by atoms with Crippen LogP contribution in [-0.4, -0.2) is 31.0 Å². The monoisotopic (exact) mass is 275 g/mol. The molecule has 0 aliphatic heterocycles. The number of benzene rings is 1. The highest BCUT2D eigenvalue weighted by Gasteiger charge is 2.21. The van der Waals surface area contributed by atoms with Crippen molar-refractivity contribution in [1.29, 1.82) is 0 Å². The van der Waals surface area contributed by atoms with Gasteiger partial charge in [0.25, 0.3) is 5.91 Å². The first-order valence-electron chi connectivity index (χ1n) is 7.57. The minimum absolute atomic E-state index is 0.140. The van der Waals surface area contributed by atoms with Crippen molar-refractivity contribution in [2.24, 2.45) is 0 Å². The van der Waals surface area contributed by atoms with Crippen molar-refractivity contribution in [1.82, 2.24) is 4.90 Å². The lowest BCUT2D eigenvalue weighted by Crippen LogP contribution is -2.36. The summed E-state index contributed by atoms with van der Waals surface area (Å²) >= 11 is 0. The van der Waals surface area contributed by atoms with Crippen LogP contribution in [0.4, 0.5) is 0 Å². The maximum absolute atomic E-state index is 12.5. The van der Waals surface area contributed by atoms with E-state index in [0.717, 1.165) is 24.0 Å². The number of rotatable bonds is 4. The molecule has 20 heavy (non-hydrogen) atoms. The van der Waals surface area contributed by atoms with Crippen LogP contribution in [0.15, 0.2) is 24.3 Å². The Balaban J connectivity index is 2.01. The molecule has 3 heteroatoms. The van der Waals surface area contributed by atoms with Gasteiger partial charge in [-0.15, -0.1) is 0 Å². The van der Waals surface area contributed by atoms with Gasteiger partial charge in [0.15, 0.2) is 0 Å². The van der Waals surface area contributed by atoms with Gasteiger partial charge >= 0.3 is 0 Å². The number of carbonyl (C=O) groups excluding carboxylic acids is 1. The van der Waals surface area contributed by atoms with Crippen molar-refractivity contribution in [3.63, 3.8) is 0 Å². The number of amides is 1. The maximum atomic E-state index is 12.5. The molecule has 1 aliphatic rings. The molecule has 1 fully saturated rings. The molecular weight excluding hydrogens is 250 g/mol. The van der Waals surface area contributed by atoms with Crippen LogP contribution in [0.3, 0.4) is 0 Å². The van der Waals surface area contributed by atoms with E-state index in [2.05, 4.69) is 0 Å². The van der Waals surface area contributed by atoms with E-state index < -0.39 is 0 Å². The van der Waals surface area contributed by atoms with Crippen LogP contribution >= 0.6 is 0 Å². The molecular formula is C17H25NO2. The number of methoxy groups -OCH3 is 1. The summed E-state index contributed by atoms with van der Waals surface area (Å²) < 4.78 is 5.09. The van der Waals surface area contributed by atoms with E-state index in [-0.39, 0.29) is 5.91 Å². The van der Waals surface area contributed by atoms with Gasteiger partial charge in [0, 0.05) is 25.8 Å². The molecule has 0 radical (unpaired) electrons. The van der Waals surface area contributed by atoms with Gasteiger partial charge in [0.05, 0.1) is 6.61 Å². The van der Waals surface area contributed by atoms with Crippen molar-refractivity contribution in [3.8, 4) is 0 Å².